The zero-order valence-electron chi connectivity index (χ0n) is 8.39. The summed E-state index contributed by atoms with van der Waals surface area (Å²) < 4.78 is 13.4. The van der Waals surface area contributed by atoms with Crippen LogP contribution in [-0.4, -0.2) is 22.9 Å². The number of carbonyl (C=O) groups is 1. The molecule has 0 aliphatic carbocycles. The molecule has 16 heavy (non-hydrogen) atoms. The third kappa shape index (κ3) is 2.18. The second-order valence-corrected chi connectivity index (χ2v) is 3.55. The van der Waals surface area contributed by atoms with Crippen molar-refractivity contribution in [2.75, 3.05) is 0 Å². The van der Waals surface area contributed by atoms with Gasteiger partial charge in [-0.05, 0) is 6.07 Å². The summed E-state index contributed by atoms with van der Waals surface area (Å²) in [5.74, 6) is -1.32. The van der Waals surface area contributed by atoms with Crippen LogP contribution in [-0.2, 0) is 9.63 Å². The molecule has 1 N–H and O–H groups in total. The van der Waals surface area contributed by atoms with E-state index in [1.54, 1.807) is 18.2 Å². The van der Waals surface area contributed by atoms with Crippen molar-refractivity contribution < 1.29 is 19.1 Å². The van der Waals surface area contributed by atoms with Crippen LogP contribution in [0.25, 0.3) is 0 Å². The van der Waals surface area contributed by atoms with Gasteiger partial charge >= 0.3 is 5.97 Å². The highest BCUT2D eigenvalue weighted by molar-refractivity contribution is 6.01. The van der Waals surface area contributed by atoms with Crippen LogP contribution in [0.4, 0.5) is 4.39 Å². The van der Waals surface area contributed by atoms with Crippen molar-refractivity contribution in [1.29, 1.82) is 0 Å². The molecule has 4 nitrogen and oxygen atoms in total. The van der Waals surface area contributed by atoms with Crippen LogP contribution in [0.15, 0.2) is 29.4 Å². The predicted molar refractivity (Wildman–Crippen MR) is 54.7 cm³/mol. The highest BCUT2D eigenvalue weighted by atomic mass is 19.1. The lowest BCUT2D eigenvalue weighted by Gasteiger charge is -2.03. The maximum atomic E-state index is 13.4. The third-order valence-electron chi connectivity index (χ3n) is 2.32. The Balaban J connectivity index is 2.09. The molecule has 1 aromatic carbocycles. The quantitative estimate of drug-likeness (QED) is 0.849. The molecule has 0 bridgehead atoms. The van der Waals surface area contributed by atoms with Gasteiger partial charge in [0.25, 0.3) is 0 Å². The fourth-order valence-electron chi connectivity index (χ4n) is 1.59. The van der Waals surface area contributed by atoms with Crippen LogP contribution in [0.2, 0.25) is 0 Å². The lowest BCUT2D eigenvalue weighted by atomic mass is 10.0. The molecule has 0 saturated heterocycles. The molecular formula is C11H10FNO3. The molecule has 0 fully saturated rings. The second kappa shape index (κ2) is 4.30. The van der Waals surface area contributed by atoms with Gasteiger partial charge in [-0.2, -0.15) is 0 Å². The topological polar surface area (TPSA) is 58.9 Å². The average molecular weight is 223 g/mol. The Labute approximate surface area is 91.3 Å². The molecule has 0 radical (unpaired) electrons. The van der Waals surface area contributed by atoms with Crippen LogP contribution in [0, 0.1) is 5.82 Å². The van der Waals surface area contributed by atoms with Gasteiger partial charge in [-0.1, -0.05) is 23.4 Å². The minimum Gasteiger partial charge on any atom is -0.481 e. The number of rotatable bonds is 3. The van der Waals surface area contributed by atoms with E-state index in [1.807, 2.05) is 0 Å². The Hall–Kier alpha value is -1.91. The van der Waals surface area contributed by atoms with E-state index >= 15 is 0 Å². The first kappa shape index (κ1) is 10.6. The lowest BCUT2D eigenvalue weighted by molar-refractivity contribution is -0.139. The normalized spacial score (nSPS) is 19.1. The molecule has 5 heteroatoms. The maximum absolute atomic E-state index is 13.4. The van der Waals surface area contributed by atoms with Gasteiger partial charge in [0.2, 0.25) is 0 Å². The highest BCUT2D eigenvalue weighted by Crippen LogP contribution is 2.20. The number of carboxylic acids is 1. The van der Waals surface area contributed by atoms with Crippen molar-refractivity contribution >= 4 is 11.7 Å². The number of benzene rings is 1. The Morgan fingerprint density at radius 1 is 1.56 bits per heavy atom. The number of hydrogen-bond donors (Lipinski definition) is 1. The van der Waals surface area contributed by atoms with Crippen molar-refractivity contribution in [2.24, 2.45) is 5.16 Å². The first-order valence-corrected chi connectivity index (χ1v) is 4.86. The van der Waals surface area contributed by atoms with Crippen LogP contribution in [0.1, 0.15) is 18.4 Å². The monoisotopic (exact) mass is 223 g/mol. The average Bonchev–Trinajstić information content (AvgIpc) is 2.66. The summed E-state index contributed by atoms with van der Waals surface area (Å²) in [6.45, 7) is 0. The van der Waals surface area contributed by atoms with Crippen molar-refractivity contribution in [1.82, 2.24) is 0 Å². The van der Waals surface area contributed by atoms with E-state index in [9.17, 15) is 9.18 Å². The van der Waals surface area contributed by atoms with Crippen LogP contribution < -0.4 is 0 Å². The molecule has 1 unspecified atom stereocenters. The van der Waals surface area contributed by atoms with E-state index in [0.29, 0.717) is 17.7 Å². The lowest BCUT2D eigenvalue weighted by Crippen LogP contribution is -2.14. The minimum atomic E-state index is -0.949. The first-order chi connectivity index (χ1) is 7.66. The fourth-order valence-corrected chi connectivity index (χ4v) is 1.59. The highest BCUT2D eigenvalue weighted by Gasteiger charge is 2.25. The van der Waals surface area contributed by atoms with Gasteiger partial charge in [0.15, 0.2) is 0 Å². The Bertz CT molecular complexity index is 445. The number of oxime groups is 1. The summed E-state index contributed by atoms with van der Waals surface area (Å²) in [4.78, 5) is 15.4. The van der Waals surface area contributed by atoms with Gasteiger partial charge in [-0.25, -0.2) is 4.39 Å². The van der Waals surface area contributed by atoms with E-state index in [0.717, 1.165) is 0 Å². The molecule has 84 valence electrons. The summed E-state index contributed by atoms with van der Waals surface area (Å²) >= 11 is 0. The van der Waals surface area contributed by atoms with Crippen molar-refractivity contribution in [2.45, 2.75) is 18.9 Å². The minimum absolute atomic E-state index is 0.124. The first-order valence-electron chi connectivity index (χ1n) is 4.86. The molecule has 0 saturated carbocycles. The van der Waals surface area contributed by atoms with E-state index < -0.39 is 12.1 Å². The Kier molecular flexibility index (Phi) is 2.85. The van der Waals surface area contributed by atoms with Gasteiger partial charge in [0, 0.05) is 12.0 Å². The van der Waals surface area contributed by atoms with E-state index in [2.05, 4.69) is 5.16 Å². The fraction of sp³-hybridized carbons (Fsp3) is 0.273. The molecule has 2 rings (SSSR count). The zero-order chi connectivity index (χ0) is 11.5. The number of halogens is 1. The molecular weight excluding hydrogens is 213 g/mol. The Morgan fingerprint density at radius 2 is 2.31 bits per heavy atom. The molecule has 0 spiro atoms. The summed E-state index contributed by atoms with van der Waals surface area (Å²) in [5.41, 5.74) is 0.833. The summed E-state index contributed by atoms with van der Waals surface area (Å²) in [5, 5.41) is 12.3. The number of hydrogen-bond acceptors (Lipinski definition) is 3. The molecule has 0 aromatic heterocycles. The number of aliphatic carboxylic acids is 1. The maximum Gasteiger partial charge on any atom is 0.307 e. The molecule has 1 aliphatic heterocycles. The van der Waals surface area contributed by atoms with E-state index in [4.69, 9.17) is 9.94 Å². The van der Waals surface area contributed by atoms with Gasteiger partial charge in [0.1, 0.15) is 11.9 Å². The van der Waals surface area contributed by atoms with Gasteiger partial charge in [0.05, 0.1) is 12.1 Å². The number of nitrogens with zero attached hydrogens (tertiary/aromatic N) is 1. The van der Waals surface area contributed by atoms with Crippen molar-refractivity contribution in [3.8, 4) is 0 Å². The van der Waals surface area contributed by atoms with Crippen LogP contribution >= 0.6 is 0 Å². The van der Waals surface area contributed by atoms with Crippen molar-refractivity contribution in [3.05, 3.63) is 35.6 Å². The van der Waals surface area contributed by atoms with Gasteiger partial charge < -0.3 is 9.94 Å². The smallest absolute Gasteiger partial charge is 0.307 e. The summed E-state index contributed by atoms with van der Waals surface area (Å²) in [7, 11) is 0. The molecule has 1 aliphatic rings. The second-order valence-electron chi connectivity index (χ2n) is 3.55. The van der Waals surface area contributed by atoms with Gasteiger partial charge in [-0.15, -0.1) is 0 Å². The van der Waals surface area contributed by atoms with Gasteiger partial charge in [-0.3, -0.25) is 4.79 Å². The summed E-state index contributed by atoms with van der Waals surface area (Å²) in [6.07, 6.45) is -0.290. The molecule has 1 atom stereocenters. The van der Waals surface area contributed by atoms with Crippen LogP contribution in [0.5, 0.6) is 0 Å². The predicted octanol–water partition coefficient (Wildman–Crippen LogP) is 1.79. The van der Waals surface area contributed by atoms with E-state index in [1.165, 1.54) is 6.07 Å². The molecule has 0 amide bonds. The largest absolute Gasteiger partial charge is 0.481 e. The summed E-state index contributed by atoms with van der Waals surface area (Å²) in [6, 6.07) is 6.22. The zero-order valence-corrected chi connectivity index (χ0v) is 8.39. The third-order valence-corrected chi connectivity index (χ3v) is 2.32. The van der Waals surface area contributed by atoms with Crippen molar-refractivity contribution in [3.63, 3.8) is 0 Å². The molecule has 1 heterocycles. The standard InChI is InChI=1S/C11H10FNO3/c12-9-4-2-1-3-8(9)10-5-7(16-13-10)6-11(14)15/h1-4,7H,5-6H2,(H,14,15). The SMILES string of the molecule is O=C(O)CC1CC(c2ccccc2F)=NO1. The van der Waals surface area contributed by atoms with Crippen LogP contribution in [0.3, 0.4) is 0 Å². The number of carboxylic acid groups (broad SMARTS) is 1. The molecule has 1 aromatic rings. The Morgan fingerprint density at radius 3 is 3.00 bits per heavy atom. The van der Waals surface area contributed by atoms with E-state index in [-0.39, 0.29) is 12.2 Å².